The van der Waals surface area contributed by atoms with E-state index in [1.807, 2.05) is 0 Å². The molecule has 9 heteroatoms. The first-order valence-corrected chi connectivity index (χ1v) is 11.0. The molecule has 1 fully saturated rings. The predicted octanol–water partition coefficient (Wildman–Crippen LogP) is 4.78. The van der Waals surface area contributed by atoms with E-state index in [0.717, 1.165) is 38.1 Å². The second kappa shape index (κ2) is 11.8. The Morgan fingerprint density at radius 2 is 2.03 bits per heavy atom. The van der Waals surface area contributed by atoms with Gasteiger partial charge in [0, 0.05) is 23.6 Å². The maximum absolute atomic E-state index is 13.9. The SMILES string of the molecule is C=CN=C(NC(=O)C(CC1CCCC1)NC(=O)c1cccc(Nc2ccncc2F)c1)C(=C)F. The highest BCUT2D eigenvalue weighted by Crippen LogP contribution is 2.29. The molecule has 1 aromatic carbocycles. The van der Waals surface area contributed by atoms with E-state index >= 15 is 0 Å². The fourth-order valence-corrected chi connectivity index (χ4v) is 3.89. The van der Waals surface area contributed by atoms with E-state index in [1.165, 1.54) is 12.3 Å². The third-order valence-electron chi connectivity index (χ3n) is 5.56. The lowest BCUT2D eigenvalue weighted by molar-refractivity contribution is -0.122. The summed E-state index contributed by atoms with van der Waals surface area (Å²) in [4.78, 5) is 33.3. The molecule has 0 bridgehead atoms. The van der Waals surface area contributed by atoms with Gasteiger partial charge in [-0.1, -0.05) is 44.9 Å². The van der Waals surface area contributed by atoms with Crippen molar-refractivity contribution < 1.29 is 18.4 Å². The lowest BCUT2D eigenvalue weighted by atomic mass is 9.97. The van der Waals surface area contributed by atoms with E-state index in [4.69, 9.17) is 0 Å². The largest absolute Gasteiger partial charge is 0.353 e. The molecule has 0 aliphatic heterocycles. The second-order valence-electron chi connectivity index (χ2n) is 8.03. The van der Waals surface area contributed by atoms with Gasteiger partial charge in [0.2, 0.25) is 5.91 Å². The lowest BCUT2D eigenvalue weighted by Crippen LogP contribution is -2.49. The van der Waals surface area contributed by atoms with Crippen LogP contribution in [0.1, 0.15) is 42.5 Å². The van der Waals surface area contributed by atoms with Gasteiger partial charge in [-0.3, -0.25) is 14.6 Å². The number of amidine groups is 1. The summed E-state index contributed by atoms with van der Waals surface area (Å²) in [6.45, 7) is 6.56. The van der Waals surface area contributed by atoms with E-state index in [2.05, 4.69) is 39.1 Å². The molecule has 0 radical (unpaired) electrons. The Hall–Kier alpha value is -3.88. The normalized spacial score (nSPS) is 14.8. The lowest BCUT2D eigenvalue weighted by Gasteiger charge is -2.22. The summed E-state index contributed by atoms with van der Waals surface area (Å²) < 4.78 is 27.6. The molecule has 178 valence electrons. The summed E-state index contributed by atoms with van der Waals surface area (Å²) in [6.07, 6.45) is 8.09. The van der Waals surface area contributed by atoms with E-state index in [9.17, 15) is 18.4 Å². The van der Waals surface area contributed by atoms with E-state index in [0.29, 0.717) is 12.1 Å². The van der Waals surface area contributed by atoms with Gasteiger partial charge in [-0.15, -0.1) is 0 Å². The first kappa shape index (κ1) is 24.8. The first-order valence-electron chi connectivity index (χ1n) is 11.0. The first-order chi connectivity index (χ1) is 16.4. The maximum atomic E-state index is 13.9. The summed E-state index contributed by atoms with van der Waals surface area (Å²) in [6, 6.07) is 7.04. The van der Waals surface area contributed by atoms with Gasteiger partial charge in [-0.05, 0) is 36.6 Å². The van der Waals surface area contributed by atoms with Crippen LogP contribution < -0.4 is 16.0 Å². The minimum atomic E-state index is -0.915. The van der Waals surface area contributed by atoms with Crippen molar-refractivity contribution in [2.75, 3.05) is 5.32 Å². The minimum Gasteiger partial charge on any atom is -0.353 e. The molecule has 7 nitrogen and oxygen atoms in total. The number of nitrogens with zero attached hydrogens (tertiary/aromatic N) is 2. The number of aromatic nitrogens is 1. The number of benzene rings is 1. The number of halogens is 2. The van der Waals surface area contributed by atoms with Crippen LogP contribution in [-0.4, -0.2) is 28.7 Å². The number of anilines is 2. The maximum Gasteiger partial charge on any atom is 0.252 e. The summed E-state index contributed by atoms with van der Waals surface area (Å²) in [5.41, 5.74) is 0.980. The molecule has 1 aromatic heterocycles. The molecule has 1 aliphatic carbocycles. The molecule has 2 aromatic rings. The smallest absolute Gasteiger partial charge is 0.252 e. The van der Waals surface area contributed by atoms with Crippen LogP contribution in [0.2, 0.25) is 0 Å². The zero-order chi connectivity index (χ0) is 24.5. The molecular formula is C25H27F2N5O2. The highest BCUT2D eigenvalue weighted by Gasteiger charge is 2.28. The summed E-state index contributed by atoms with van der Waals surface area (Å²) in [5, 5.41) is 8.05. The van der Waals surface area contributed by atoms with Crippen molar-refractivity contribution in [3.63, 3.8) is 0 Å². The van der Waals surface area contributed by atoms with Gasteiger partial charge in [0.15, 0.2) is 17.5 Å². The number of aliphatic imine (C=N–C) groups is 1. The van der Waals surface area contributed by atoms with Crippen molar-refractivity contribution in [2.24, 2.45) is 10.9 Å². The molecular weight excluding hydrogens is 440 g/mol. The quantitative estimate of drug-likeness (QED) is 0.365. The highest BCUT2D eigenvalue weighted by molar-refractivity contribution is 6.08. The van der Waals surface area contributed by atoms with Crippen molar-refractivity contribution in [3.05, 3.63) is 79.3 Å². The fourth-order valence-electron chi connectivity index (χ4n) is 3.89. The Bertz CT molecular complexity index is 1100. The number of nitrogens with one attached hydrogen (secondary N) is 3. The zero-order valence-corrected chi connectivity index (χ0v) is 18.7. The van der Waals surface area contributed by atoms with Gasteiger partial charge in [0.05, 0.1) is 11.9 Å². The van der Waals surface area contributed by atoms with Gasteiger partial charge in [0.25, 0.3) is 5.91 Å². The van der Waals surface area contributed by atoms with Gasteiger partial charge in [-0.2, -0.15) is 0 Å². The third-order valence-corrected chi connectivity index (χ3v) is 5.56. The van der Waals surface area contributed by atoms with E-state index < -0.39 is 29.5 Å². The molecule has 3 rings (SSSR count). The Balaban J connectivity index is 1.76. The van der Waals surface area contributed by atoms with Gasteiger partial charge in [-0.25, -0.2) is 13.8 Å². The van der Waals surface area contributed by atoms with Crippen LogP contribution >= 0.6 is 0 Å². The third kappa shape index (κ3) is 6.81. The van der Waals surface area contributed by atoms with Crippen LogP contribution in [-0.2, 0) is 4.79 Å². The van der Waals surface area contributed by atoms with Crippen LogP contribution in [0.25, 0.3) is 0 Å². The molecule has 1 saturated carbocycles. The van der Waals surface area contributed by atoms with E-state index in [1.54, 1.807) is 24.3 Å². The monoisotopic (exact) mass is 467 g/mol. The molecule has 1 unspecified atom stereocenters. The Morgan fingerprint density at radius 3 is 2.71 bits per heavy atom. The van der Waals surface area contributed by atoms with Crippen molar-refractivity contribution in [3.8, 4) is 0 Å². The van der Waals surface area contributed by atoms with Gasteiger partial charge >= 0.3 is 0 Å². The summed E-state index contributed by atoms with van der Waals surface area (Å²) in [7, 11) is 0. The molecule has 0 spiro atoms. The van der Waals surface area contributed by atoms with Crippen molar-refractivity contribution in [2.45, 2.75) is 38.1 Å². The standard InChI is InChI=1S/C25H27F2N5O2/c1-3-29-23(16(2)26)32-25(34)22(13-17-7-4-5-8-17)31-24(33)18-9-6-10-19(14-18)30-21-11-12-28-15-20(21)27/h3,6,9-12,14-15,17,22H,1-2,4-5,7-8,13H2,(H,28,30)(H,31,33)(H,29,32,34). The average Bonchev–Trinajstić information content (AvgIpc) is 3.33. The zero-order valence-electron chi connectivity index (χ0n) is 18.7. The van der Waals surface area contributed by atoms with Crippen LogP contribution in [0.4, 0.5) is 20.2 Å². The number of hydrogen-bond acceptors (Lipinski definition) is 5. The van der Waals surface area contributed by atoms with Crippen molar-refractivity contribution in [1.29, 1.82) is 0 Å². The number of amides is 2. The van der Waals surface area contributed by atoms with E-state index in [-0.39, 0.29) is 23.0 Å². The molecule has 1 heterocycles. The number of carbonyl (C=O) groups excluding carboxylic acids is 2. The topological polar surface area (TPSA) is 95.5 Å². The number of hydrogen-bond donors (Lipinski definition) is 3. The summed E-state index contributed by atoms with van der Waals surface area (Å²) >= 11 is 0. The Morgan fingerprint density at radius 1 is 1.26 bits per heavy atom. The number of rotatable bonds is 9. The van der Waals surface area contributed by atoms with Crippen molar-refractivity contribution in [1.82, 2.24) is 15.6 Å². The molecule has 1 atom stereocenters. The fraction of sp³-hybridized carbons (Fsp3) is 0.280. The minimum absolute atomic E-state index is 0.214. The Labute approximate surface area is 197 Å². The predicted molar refractivity (Wildman–Crippen MR) is 128 cm³/mol. The van der Waals surface area contributed by atoms with Crippen LogP contribution in [0.3, 0.4) is 0 Å². The van der Waals surface area contributed by atoms with Crippen LogP contribution in [0.15, 0.2) is 72.9 Å². The molecule has 34 heavy (non-hydrogen) atoms. The van der Waals surface area contributed by atoms with Crippen LogP contribution in [0.5, 0.6) is 0 Å². The highest BCUT2D eigenvalue weighted by atomic mass is 19.1. The number of carbonyl (C=O) groups is 2. The van der Waals surface area contributed by atoms with Crippen LogP contribution in [0, 0.1) is 11.7 Å². The van der Waals surface area contributed by atoms with Gasteiger partial charge < -0.3 is 16.0 Å². The summed E-state index contributed by atoms with van der Waals surface area (Å²) in [5.74, 6) is -2.60. The number of pyridine rings is 1. The second-order valence-corrected chi connectivity index (χ2v) is 8.03. The van der Waals surface area contributed by atoms with Gasteiger partial charge in [0.1, 0.15) is 6.04 Å². The Kier molecular flexibility index (Phi) is 8.61. The van der Waals surface area contributed by atoms with Crippen molar-refractivity contribution >= 4 is 29.0 Å². The molecule has 3 N–H and O–H groups in total. The molecule has 0 saturated heterocycles. The molecule has 1 aliphatic rings. The average molecular weight is 468 g/mol. The molecule has 2 amide bonds.